The number of halogens is 3. The Bertz CT molecular complexity index is 721. The van der Waals surface area contributed by atoms with Crippen molar-refractivity contribution in [1.82, 2.24) is 14.5 Å². The first-order chi connectivity index (χ1) is 11.8. The van der Waals surface area contributed by atoms with Crippen LogP contribution in [0, 0.1) is 0 Å². The van der Waals surface area contributed by atoms with Crippen molar-refractivity contribution >= 4 is 23.5 Å². The van der Waals surface area contributed by atoms with Crippen LogP contribution in [0.2, 0.25) is 0 Å². The lowest BCUT2D eigenvalue weighted by Gasteiger charge is -2.22. The Morgan fingerprint density at radius 2 is 2.20 bits per heavy atom. The molecule has 10 heteroatoms. The predicted octanol–water partition coefficient (Wildman–Crippen LogP) is 3.06. The third-order valence-electron chi connectivity index (χ3n) is 3.23. The highest BCUT2D eigenvalue weighted by atomic mass is 32.2. The Hall–Kier alpha value is -2.20. The Morgan fingerprint density at radius 1 is 1.44 bits per heavy atom. The van der Waals surface area contributed by atoms with Crippen molar-refractivity contribution in [3.63, 3.8) is 0 Å². The molecule has 0 saturated heterocycles. The molecular weight excluding hydrogens is 357 g/mol. The molecule has 0 radical (unpaired) electrons. The van der Waals surface area contributed by atoms with Crippen LogP contribution in [0.25, 0.3) is 0 Å². The molecule has 2 amide bonds. The lowest BCUT2D eigenvalue weighted by Crippen LogP contribution is -2.37. The van der Waals surface area contributed by atoms with Crippen LogP contribution in [-0.2, 0) is 13.6 Å². The molecule has 1 aromatic carbocycles. The molecule has 0 aliphatic rings. The van der Waals surface area contributed by atoms with Crippen molar-refractivity contribution in [3.8, 4) is 0 Å². The summed E-state index contributed by atoms with van der Waals surface area (Å²) in [6, 6.07) is 4.95. The molecule has 0 spiro atoms. The van der Waals surface area contributed by atoms with Crippen LogP contribution in [-0.4, -0.2) is 44.2 Å². The van der Waals surface area contributed by atoms with Crippen LogP contribution in [0.15, 0.2) is 41.6 Å². The lowest BCUT2D eigenvalue weighted by molar-refractivity contribution is -0.0328. The van der Waals surface area contributed by atoms with Gasteiger partial charge in [-0.3, -0.25) is 0 Å². The number of nitrogens with zero attached hydrogens (tertiary/aromatic N) is 3. The number of rotatable bonds is 6. The first-order valence-electron chi connectivity index (χ1n) is 7.27. The van der Waals surface area contributed by atoms with E-state index in [0.29, 0.717) is 5.82 Å². The van der Waals surface area contributed by atoms with Crippen LogP contribution < -0.4 is 5.32 Å². The van der Waals surface area contributed by atoms with Crippen molar-refractivity contribution in [2.24, 2.45) is 7.05 Å². The number of nitrogens with one attached hydrogen (secondary N) is 1. The Balaban J connectivity index is 2.07. The van der Waals surface area contributed by atoms with Gasteiger partial charge in [-0.2, -0.15) is 13.2 Å². The fourth-order valence-corrected chi connectivity index (χ4v) is 2.67. The predicted molar refractivity (Wildman–Crippen MR) is 88.1 cm³/mol. The molecule has 2 aromatic rings. The normalized spacial score (nSPS) is 11.4. The van der Waals surface area contributed by atoms with E-state index >= 15 is 0 Å². The first kappa shape index (κ1) is 19.1. The summed E-state index contributed by atoms with van der Waals surface area (Å²) in [5, 5.41) is 11.7. The second-order valence-electron chi connectivity index (χ2n) is 5.11. The zero-order valence-electron chi connectivity index (χ0n) is 13.3. The average molecular weight is 374 g/mol. The van der Waals surface area contributed by atoms with Crippen LogP contribution in [0.3, 0.4) is 0 Å². The minimum atomic E-state index is -4.40. The summed E-state index contributed by atoms with van der Waals surface area (Å²) >= 11 is -0.252. The zero-order chi connectivity index (χ0) is 18.4. The fraction of sp³-hybridized carbons (Fsp3) is 0.333. The monoisotopic (exact) mass is 374 g/mol. The van der Waals surface area contributed by atoms with Gasteiger partial charge < -0.3 is 19.9 Å². The van der Waals surface area contributed by atoms with Crippen molar-refractivity contribution in [2.75, 3.05) is 18.5 Å². The van der Waals surface area contributed by atoms with Gasteiger partial charge in [-0.15, -0.1) is 0 Å². The number of amides is 2. The second-order valence-corrected chi connectivity index (χ2v) is 6.24. The van der Waals surface area contributed by atoms with E-state index in [0.717, 1.165) is 0 Å². The number of imidazole rings is 1. The molecule has 0 atom stereocenters. The number of aromatic nitrogens is 2. The number of anilines is 1. The largest absolute Gasteiger partial charge is 0.446 e. The molecular formula is C15H17F3N4O2S. The zero-order valence-corrected chi connectivity index (χ0v) is 14.1. The van der Waals surface area contributed by atoms with Crippen molar-refractivity contribution < 1.29 is 23.1 Å². The quantitative estimate of drug-likeness (QED) is 0.763. The third-order valence-corrected chi connectivity index (χ3v) is 3.95. The van der Waals surface area contributed by atoms with Gasteiger partial charge in [-0.05, 0) is 30.0 Å². The minimum absolute atomic E-state index is 0.0249. The van der Waals surface area contributed by atoms with E-state index in [2.05, 4.69) is 10.3 Å². The molecule has 25 heavy (non-hydrogen) atoms. The van der Waals surface area contributed by atoms with Crippen LogP contribution in [0.1, 0.15) is 5.82 Å². The van der Waals surface area contributed by atoms with Gasteiger partial charge in [0.1, 0.15) is 5.82 Å². The Kier molecular flexibility index (Phi) is 6.32. The number of benzene rings is 1. The summed E-state index contributed by atoms with van der Waals surface area (Å²) in [7, 11) is 1.77. The topological polar surface area (TPSA) is 70.4 Å². The van der Waals surface area contributed by atoms with Crippen molar-refractivity contribution in [2.45, 2.75) is 16.9 Å². The molecule has 136 valence electrons. The number of urea groups is 1. The van der Waals surface area contributed by atoms with Crippen LogP contribution >= 0.6 is 11.8 Å². The summed E-state index contributed by atoms with van der Waals surface area (Å²) < 4.78 is 39.1. The smallest absolute Gasteiger partial charge is 0.395 e. The molecule has 2 rings (SSSR count). The third kappa shape index (κ3) is 5.98. The van der Waals surface area contributed by atoms with E-state index in [-0.39, 0.29) is 42.0 Å². The SMILES string of the molecule is Cn1ccnc1CN(CCO)C(=O)Nc1cccc(SC(F)(F)F)c1. The van der Waals surface area contributed by atoms with E-state index < -0.39 is 11.5 Å². The van der Waals surface area contributed by atoms with Gasteiger partial charge in [-0.25, -0.2) is 9.78 Å². The van der Waals surface area contributed by atoms with Gasteiger partial charge in [0, 0.05) is 36.6 Å². The van der Waals surface area contributed by atoms with Gasteiger partial charge in [0.25, 0.3) is 0 Å². The molecule has 6 nitrogen and oxygen atoms in total. The van der Waals surface area contributed by atoms with Crippen LogP contribution in [0.5, 0.6) is 0 Å². The number of aliphatic hydroxyl groups excluding tert-OH is 1. The number of aryl methyl sites for hydroxylation is 1. The lowest BCUT2D eigenvalue weighted by atomic mass is 10.3. The molecule has 0 aliphatic heterocycles. The number of carbonyl (C=O) groups is 1. The summed E-state index contributed by atoms with van der Waals surface area (Å²) in [5.41, 5.74) is -4.16. The Labute approximate surface area is 146 Å². The summed E-state index contributed by atoms with van der Waals surface area (Å²) in [6.45, 7) is -0.0234. The van der Waals surface area contributed by atoms with Gasteiger partial charge >= 0.3 is 11.5 Å². The van der Waals surface area contributed by atoms with Crippen molar-refractivity contribution in [1.29, 1.82) is 0 Å². The highest BCUT2D eigenvalue weighted by Gasteiger charge is 2.29. The Morgan fingerprint density at radius 3 is 2.80 bits per heavy atom. The van der Waals surface area contributed by atoms with E-state index in [1.54, 1.807) is 24.0 Å². The number of hydrogen-bond donors (Lipinski definition) is 2. The van der Waals surface area contributed by atoms with Gasteiger partial charge in [-0.1, -0.05) is 6.07 Å². The molecule has 0 aliphatic carbocycles. The minimum Gasteiger partial charge on any atom is -0.395 e. The number of alkyl halides is 3. The van der Waals surface area contributed by atoms with Crippen LogP contribution in [0.4, 0.5) is 23.7 Å². The average Bonchev–Trinajstić information content (AvgIpc) is 2.90. The summed E-state index contributed by atoms with van der Waals surface area (Å²) in [5.74, 6) is 0.616. The standard InChI is InChI=1S/C15H17F3N4O2S/c1-21-6-5-19-13(21)10-22(7-8-23)14(24)20-11-3-2-4-12(9-11)25-15(16,17)18/h2-6,9,23H,7-8,10H2,1H3,(H,20,24). The van der Waals surface area contributed by atoms with Gasteiger partial charge in [0.05, 0.1) is 13.2 Å². The molecule has 2 N–H and O–H groups in total. The number of carbonyl (C=O) groups excluding carboxylic acids is 1. The molecule has 1 aromatic heterocycles. The van der Waals surface area contributed by atoms with E-state index in [1.165, 1.54) is 29.2 Å². The molecule has 0 bridgehead atoms. The number of aliphatic hydroxyl groups is 1. The van der Waals surface area contributed by atoms with E-state index in [9.17, 15) is 18.0 Å². The molecule has 0 saturated carbocycles. The highest BCUT2D eigenvalue weighted by molar-refractivity contribution is 8.00. The van der Waals surface area contributed by atoms with Gasteiger partial charge in [0.15, 0.2) is 0 Å². The number of thioether (sulfide) groups is 1. The summed E-state index contributed by atoms with van der Waals surface area (Å²) in [4.78, 5) is 17.8. The fourth-order valence-electron chi connectivity index (χ4n) is 2.07. The first-order valence-corrected chi connectivity index (χ1v) is 8.09. The maximum Gasteiger partial charge on any atom is 0.446 e. The molecule has 1 heterocycles. The molecule has 0 unspecified atom stereocenters. The van der Waals surface area contributed by atoms with E-state index in [1.807, 2.05) is 0 Å². The van der Waals surface area contributed by atoms with Gasteiger partial charge in [0.2, 0.25) is 0 Å². The molecule has 0 fully saturated rings. The second kappa shape index (κ2) is 8.26. The maximum atomic E-state index is 12.4. The maximum absolute atomic E-state index is 12.4. The summed E-state index contributed by atoms with van der Waals surface area (Å²) in [6.07, 6.45) is 3.31. The van der Waals surface area contributed by atoms with E-state index in [4.69, 9.17) is 5.11 Å². The van der Waals surface area contributed by atoms with Crippen molar-refractivity contribution in [3.05, 3.63) is 42.5 Å². The highest BCUT2D eigenvalue weighted by Crippen LogP contribution is 2.37. The number of hydrogen-bond acceptors (Lipinski definition) is 4.